The minimum Gasteiger partial charge on any atom is -0.426 e. The molecule has 0 amide bonds. The lowest BCUT2D eigenvalue weighted by Gasteiger charge is -2.10. The number of nitrogens with one attached hydrogen (secondary N) is 1. The zero-order valence-electron chi connectivity index (χ0n) is 22.3. The molecule has 0 fully saturated rings. The van der Waals surface area contributed by atoms with Gasteiger partial charge in [-0.3, -0.25) is 4.79 Å². The van der Waals surface area contributed by atoms with Gasteiger partial charge in [-0.2, -0.15) is 0 Å². The van der Waals surface area contributed by atoms with Gasteiger partial charge in [-0.15, -0.1) is 0 Å². The van der Waals surface area contributed by atoms with Crippen molar-refractivity contribution in [2.75, 3.05) is 20.6 Å². The third-order valence-corrected chi connectivity index (χ3v) is 6.79. The number of hydrogen-bond donors (Lipinski definition) is 1. The Morgan fingerprint density at radius 3 is 1.94 bits per heavy atom. The smallest absolute Gasteiger partial charge is 0.311 e. The lowest BCUT2D eigenvalue weighted by molar-refractivity contribution is -0.134. The van der Waals surface area contributed by atoms with Crippen LogP contribution < -0.4 is 4.74 Å². The molecule has 0 saturated carbocycles. The molecule has 34 heavy (non-hydrogen) atoms. The van der Waals surface area contributed by atoms with E-state index in [0.717, 1.165) is 36.7 Å². The molecule has 0 saturated heterocycles. The fourth-order valence-electron chi connectivity index (χ4n) is 4.66. The maximum atomic E-state index is 12.4. The summed E-state index contributed by atoms with van der Waals surface area (Å²) in [5.41, 5.74) is 2.24. The number of aromatic nitrogens is 1. The number of H-pyrrole nitrogens is 1. The minimum atomic E-state index is -0.109. The summed E-state index contributed by atoms with van der Waals surface area (Å²) in [6.07, 6.45) is 23.4. The Morgan fingerprint density at radius 1 is 0.824 bits per heavy atom. The number of carbonyl (C=O) groups excluding carboxylic acids is 1. The maximum absolute atomic E-state index is 12.4. The summed E-state index contributed by atoms with van der Waals surface area (Å²) >= 11 is 0. The second kappa shape index (κ2) is 17.6. The molecule has 0 atom stereocenters. The molecule has 1 N–H and O–H groups in total. The predicted octanol–water partition coefficient (Wildman–Crippen LogP) is 8.44. The van der Waals surface area contributed by atoms with Crippen LogP contribution in [-0.2, 0) is 11.2 Å². The summed E-state index contributed by atoms with van der Waals surface area (Å²) in [5, 5.41) is 1.05. The quantitative estimate of drug-likeness (QED) is 0.120. The van der Waals surface area contributed by atoms with E-state index in [1.807, 2.05) is 24.4 Å². The van der Waals surface area contributed by atoms with Crippen LogP contribution in [0.4, 0.5) is 0 Å². The van der Waals surface area contributed by atoms with Gasteiger partial charge in [0.2, 0.25) is 0 Å². The van der Waals surface area contributed by atoms with E-state index in [-0.39, 0.29) is 5.97 Å². The first kappa shape index (κ1) is 28.4. The fraction of sp³-hybridized carbons (Fsp3) is 0.700. The highest BCUT2D eigenvalue weighted by Crippen LogP contribution is 2.29. The Hall–Kier alpha value is -1.81. The van der Waals surface area contributed by atoms with Crippen LogP contribution in [0, 0.1) is 0 Å². The molecule has 2 aromatic rings. The van der Waals surface area contributed by atoms with E-state index in [2.05, 4.69) is 30.9 Å². The van der Waals surface area contributed by atoms with Crippen molar-refractivity contribution < 1.29 is 9.53 Å². The summed E-state index contributed by atoms with van der Waals surface area (Å²) in [7, 11) is 4.15. The van der Waals surface area contributed by atoms with Crippen molar-refractivity contribution in [1.29, 1.82) is 0 Å². The van der Waals surface area contributed by atoms with Crippen molar-refractivity contribution in [1.82, 2.24) is 9.88 Å². The largest absolute Gasteiger partial charge is 0.426 e. The van der Waals surface area contributed by atoms with E-state index >= 15 is 0 Å². The number of esters is 1. The van der Waals surface area contributed by atoms with Gasteiger partial charge < -0.3 is 14.6 Å². The van der Waals surface area contributed by atoms with Crippen molar-refractivity contribution >= 4 is 16.9 Å². The van der Waals surface area contributed by atoms with Gasteiger partial charge in [0.05, 0.1) is 0 Å². The summed E-state index contributed by atoms with van der Waals surface area (Å²) in [4.78, 5) is 17.9. The Labute approximate surface area is 208 Å². The van der Waals surface area contributed by atoms with Gasteiger partial charge in [0.25, 0.3) is 0 Å². The van der Waals surface area contributed by atoms with E-state index in [1.165, 1.54) is 89.0 Å². The highest BCUT2D eigenvalue weighted by atomic mass is 16.5. The number of nitrogens with zero attached hydrogens (tertiary/aromatic N) is 1. The molecule has 1 heterocycles. The van der Waals surface area contributed by atoms with Gasteiger partial charge in [0.1, 0.15) is 5.75 Å². The summed E-state index contributed by atoms with van der Waals surface area (Å²) < 4.78 is 5.78. The van der Waals surface area contributed by atoms with Gasteiger partial charge >= 0.3 is 5.97 Å². The maximum Gasteiger partial charge on any atom is 0.311 e. The average Bonchev–Trinajstić information content (AvgIpc) is 3.24. The van der Waals surface area contributed by atoms with E-state index in [0.29, 0.717) is 12.2 Å². The minimum absolute atomic E-state index is 0.109. The number of unbranched alkanes of at least 4 members (excludes halogenated alkanes) is 14. The molecule has 0 unspecified atom stereocenters. The van der Waals surface area contributed by atoms with Crippen LogP contribution in [0.15, 0.2) is 24.4 Å². The zero-order valence-corrected chi connectivity index (χ0v) is 22.3. The molecule has 4 nitrogen and oxygen atoms in total. The van der Waals surface area contributed by atoms with Crippen molar-refractivity contribution in [3.8, 4) is 5.75 Å². The summed E-state index contributed by atoms with van der Waals surface area (Å²) in [6.45, 7) is 3.25. The first-order chi connectivity index (χ1) is 16.6. The molecule has 1 aromatic carbocycles. The van der Waals surface area contributed by atoms with Crippen LogP contribution in [0.25, 0.3) is 10.9 Å². The molecule has 192 valence electrons. The number of aromatic amines is 1. The summed E-state index contributed by atoms with van der Waals surface area (Å²) in [5.74, 6) is 0.584. The normalized spacial score (nSPS) is 11.5. The van der Waals surface area contributed by atoms with Gasteiger partial charge in [-0.1, -0.05) is 103 Å². The van der Waals surface area contributed by atoms with Crippen LogP contribution in [-0.4, -0.2) is 36.5 Å². The van der Waals surface area contributed by atoms with E-state index in [4.69, 9.17) is 4.74 Å². The topological polar surface area (TPSA) is 45.3 Å². The predicted molar refractivity (Wildman–Crippen MR) is 146 cm³/mol. The molecule has 0 radical (unpaired) electrons. The van der Waals surface area contributed by atoms with Crippen molar-refractivity contribution in [3.05, 3.63) is 30.0 Å². The van der Waals surface area contributed by atoms with E-state index < -0.39 is 0 Å². The molecule has 0 spiro atoms. The number of fused-ring (bicyclic) bond motifs is 1. The molecule has 0 aliphatic rings. The Bertz CT molecular complexity index is 796. The summed E-state index contributed by atoms with van der Waals surface area (Å²) in [6, 6.07) is 5.91. The number of ether oxygens (including phenoxy) is 1. The zero-order chi connectivity index (χ0) is 24.4. The van der Waals surface area contributed by atoms with Gasteiger partial charge in [0, 0.05) is 30.1 Å². The lowest BCUT2D eigenvalue weighted by atomic mass is 10.0. The standard InChI is InChI=1S/C30H50N2O2/c1-4-5-6-7-8-9-10-11-12-13-14-15-16-17-18-22-29(33)34-28-21-19-20-27-30(28)26(25-31-27)23-24-32(2)3/h19-21,25,31H,4-18,22-24H2,1-3H3. The average molecular weight is 471 g/mol. The number of likely N-dealkylation sites (N-methyl/N-ethyl adjacent to an activating group) is 1. The van der Waals surface area contributed by atoms with E-state index in [9.17, 15) is 4.79 Å². The molecular formula is C30H50N2O2. The van der Waals surface area contributed by atoms with Crippen LogP contribution in [0.1, 0.15) is 115 Å². The highest BCUT2D eigenvalue weighted by molar-refractivity contribution is 5.91. The second-order valence-corrected chi connectivity index (χ2v) is 10.2. The van der Waals surface area contributed by atoms with Gasteiger partial charge in [0.15, 0.2) is 0 Å². The molecule has 2 rings (SSSR count). The van der Waals surface area contributed by atoms with Crippen molar-refractivity contribution in [2.45, 2.75) is 116 Å². The van der Waals surface area contributed by atoms with Gasteiger partial charge in [-0.05, 0) is 44.6 Å². The van der Waals surface area contributed by atoms with Gasteiger partial charge in [-0.25, -0.2) is 0 Å². The third-order valence-electron chi connectivity index (χ3n) is 6.79. The van der Waals surface area contributed by atoms with E-state index in [1.54, 1.807) is 0 Å². The SMILES string of the molecule is CCCCCCCCCCCCCCCCCC(=O)Oc1cccc2[nH]cc(CCN(C)C)c12. The highest BCUT2D eigenvalue weighted by Gasteiger charge is 2.13. The Kier molecular flexibility index (Phi) is 14.7. The van der Waals surface area contributed by atoms with Crippen LogP contribution in [0.3, 0.4) is 0 Å². The third kappa shape index (κ3) is 11.6. The first-order valence-corrected chi connectivity index (χ1v) is 14.1. The number of hydrogen-bond acceptors (Lipinski definition) is 3. The molecule has 0 aliphatic heterocycles. The molecular weight excluding hydrogens is 420 g/mol. The second-order valence-electron chi connectivity index (χ2n) is 10.2. The number of benzene rings is 1. The lowest BCUT2D eigenvalue weighted by Crippen LogP contribution is -2.15. The van der Waals surface area contributed by atoms with Crippen molar-refractivity contribution in [3.63, 3.8) is 0 Å². The Morgan fingerprint density at radius 2 is 1.38 bits per heavy atom. The first-order valence-electron chi connectivity index (χ1n) is 14.1. The van der Waals surface area contributed by atoms with Crippen LogP contribution >= 0.6 is 0 Å². The Balaban J connectivity index is 1.52. The van der Waals surface area contributed by atoms with Crippen LogP contribution in [0.5, 0.6) is 5.75 Å². The molecule has 0 aliphatic carbocycles. The number of rotatable bonds is 20. The number of carbonyl (C=O) groups is 1. The monoisotopic (exact) mass is 470 g/mol. The van der Waals surface area contributed by atoms with Crippen molar-refractivity contribution in [2.24, 2.45) is 0 Å². The molecule has 1 aromatic heterocycles. The van der Waals surface area contributed by atoms with Crippen LogP contribution in [0.2, 0.25) is 0 Å². The molecule has 0 bridgehead atoms. The fourth-order valence-corrected chi connectivity index (χ4v) is 4.66. The molecule has 4 heteroatoms.